The number of fused-ring (bicyclic) bond motifs is 1. The number of benzene rings is 1. The van der Waals surface area contributed by atoms with E-state index in [9.17, 15) is 8.42 Å². The number of nitrogens with one attached hydrogen (secondary N) is 1. The summed E-state index contributed by atoms with van der Waals surface area (Å²) >= 11 is 0. The average molecular weight is 305 g/mol. The summed E-state index contributed by atoms with van der Waals surface area (Å²) in [5.74, 6) is 0. The molecule has 1 aromatic heterocycles. The zero-order valence-electron chi connectivity index (χ0n) is 12.5. The molecule has 3 rings (SSSR count). The first-order valence-electron chi connectivity index (χ1n) is 6.98. The Kier molecular flexibility index (Phi) is 3.37. The van der Waals surface area contributed by atoms with Gasteiger partial charge in [-0.25, -0.2) is 13.4 Å². The van der Waals surface area contributed by atoms with Crippen LogP contribution in [0.25, 0.3) is 0 Å². The highest BCUT2D eigenvalue weighted by Crippen LogP contribution is 2.28. The Labute approximate surface area is 125 Å². The molecule has 5 nitrogen and oxygen atoms in total. The molecule has 0 amide bonds. The molecule has 2 heterocycles. The number of imidazole rings is 1. The molecular formula is C15H19N3O2S. The molecule has 1 N–H and O–H groups in total. The van der Waals surface area contributed by atoms with Crippen LogP contribution in [0.1, 0.15) is 28.1 Å². The number of rotatable bonds is 2. The quantitative estimate of drug-likeness (QED) is 0.924. The standard InChI is InChI=1S/C15H19N3O2S/c1-10-6-11(2)15(12(3)7-10)21(19,20)18-5-4-13-14(8-18)17-9-16-13/h6-7,9H,4-5,8H2,1-3H3,(H,16,17). The lowest BCUT2D eigenvalue weighted by atomic mass is 10.1. The molecule has 1 aliphatic heterocycles. The van der Waals surface area contributed by atoms with E-state index in [1.807, 2.05) is 32.9 Å². The van der Waals surface area contributed by atoms with E-state index >= 15 is 0 Å². The van der Waals surface area contributed by atoms with Crippen molar-refractivity contribution >= 4 is 10.0 Å². The van der Waals surface area contributed by atoms with Crippen molar-refractivity contribution in [1.29, 1.82) is 0 Å². The van der Waals surface area contributed by atoms with Crippen LogP contribution in [0, 0.1) is 20.8 Å². The largest absolute Gasteiger partial charge is 0.347 e. The van der Waals surface area contributed by atoms with E-state index in [-0.39, 0.29) is 0 Å². The van der Waals surface area contributed by atoms with E-state index in [2.05, 4.69) is 9.97 Å². The second-order valence-electron chi connectivity index (χ2n) is 5.64. The summed E-state index contributed by atoms with van der Waals surface area (Å²) in [6, 6.07) is 3.84. The summed E-state index contributed by atoms with van der Waals surface area (Å²) in [5.41, 5.74) is 4.57. The van der Waals surface area contributed by atoms with Crippen molar-refractivity contribution < 1.29 is 8.42 Å². The predicted molar refractivity (Wildman–Crippen MR) is 80.5 cm³/mol. The molecule has 1 aromatic carbocycles. The van der Waals surface area contributed by atoms with Gasteiger partial charge < -0.3 is 4.98 Å². The van der Waals surface area contributed by atoms with Gasteiger partial charge in [-0.3, -0.25) is 0 Å². The van der Waals surface area contributed by atoms with Crippen LogP contribution in [-0.2, 0) is 23.0 Å². The summed E-state index contributed by atoms with van der Waals surface area (Å²) in [6.45, 7) is 6.54. The molecule has 0 spiro atoms. The molecule has 112 valence electrons. The minimum Gasteiger partial charge on any atom is -0.347 e. The Morgan fingerprint density at radius 2 is 1.86 bits per heavy atom. The smallest absolute Gasteiger partial charge is 0.243 e. The maximum atomic E-state index is 13.0. The molecule has 0 fully saturated rings. The Morgan fingerprint density at radius 3 is 2.52 bits per heavy atom. The van der Waals surface area contributed by atoms with Crippen LogP contribution in [0.2, 0.25) is 0 Å². The lowest BCUT2D eigenvalue weighted by Crippen LogP contribution is -2.36. The van der Waals surface area contributed by atoms with Gasteiger partial charge in [-0.05, 0) is 31.9 Å². The second-order valence-corrected chi connectivity index (χ2v) is 7.52. The summed E-state index contributed by atoms with van der Waals surface area (Å²) < 4.78 is 27.5. The van der Waals surface area contributed by atoms with Gasteiger partial charge in [0.2, 0.25) is 10.0 Å². The number of aryl methyl sites for hydroxylation is 3. The first-order chi connectivity index (χ1) is 9.89. The van der Waals surface area contributed by atoms with Crippen molar-refractivity contribution in [2.24, 2.45) is 0 Å². The molecule has 0 radical (unpaired) electrons. The lowest BCUT2D eigenvalue weighted by Gasteiger charge is -2.27. The zero-order chi connectivity index (χ0) is 15.2. The fourth-order valence-corrected chi connectivity index (χ4v) is 4.92. The number of aromatic amines is 1. The van der Waals surface area contributed by atoms with E-state index in [4.69, 9.17) is 0 Å². The monoisotopic (exact) mass is 305 g/mol. The van der Waals surface area contributed by atoms with Crippen molar-refractivity contribution in [3.05, 3.63) is 46.5 Å². The number of H-pyrrole nitrogens is 1. The third-order valence-corrected chi connectivity index (χ3v) is 6.09. The Bertz CT molecular complexity index is 770. The molecule has 0 aliphatic carbocycles. The van der Waals surface area contributed by atoms with Gasteiger partial charge in [-0.15, -0.1) is 0 Å². The fraction of sp³-hybridized carbons (Fsp3) is 0.400. The van der Waals surface area contributed by atoms with Crippen molar-refractivity contribution in [1.82, 2.24) is 14.3 Å². The number of aromatic nitrogens is 2. The van der Waals surface area contributed by atoms with E-state index < -0.39 is 10.0 Å². The van der Waals surface area contributed by atoms with Crippen LogP contribution in [0.5, 0.6) is 0 Å². The summed E-state index contributed by atoms with van der Waals surface area (Å²) in [7, 11) is -3.48. The third kappa shape index (κ3) is 2.38. The van der Waals surface area contributed by atoms with Gasteiger partial charge in [0.25, 0.3) is 0 Å². The van der Waals surface area contributed by atoms with Crippen LogP contribution in [0.15, 0.2) is 23.4 Å². The molecular weight excluding hydrogens is 286 g/mol. The number of nitrogens with zero attached hydrogens (tertiary/aromatic N) is 2. The van der Waals surface area contributed by atoms with Crippen LogP contribution < -0.4 is 0 Å². The minimum absolute atomic E-state index is 0.365. The summed E-state index contributed by atoms with van der Waals surface area (Å²) in [4.78, 5) is 7.69. The highest BCUT2D eigenvalue weighted by Gasteiger charge is 2.31. The van der Waals surface area contributed by atoms with Gasteiger partial charge >= 0.3 is 0 Å². The maximum Gasteiger partial charge on any atom is 0.243 e. The Hall–Kier alpha value is -1.66. The van der Waals surface area contributed by atoms with E-state index in [1.54, 1.807) is 6.33 Å². The van der Waals surface area contributed by atoms with E-state index in [0.717, 1.165) is 28.1 Å². The lowest BCUT2D eigenvalue weighted by molar-refractivity contribution is 0.385. The molecule has 0 saturated carbocycles. The third-order valence-electron chi connectivity index (χ3n) is 3.94. The van der Waals surface area contributed by atoms with Crippen molar-refractivity contribution in [2.75, 3.05) is 6.54 Å². The zero-order valence-corrected chi connectivity index (χ0v) is 13.3. The summed E-state index contributed by atoms with van der Waals surface area (Å²) in [5, 5.41) is 0. The van der Waals surface area contributed by atoms with E-state index in [0.29, 0.717) is 24.4 Å². The topological polar surface area (TPSA) is 66.1 Å². The number of hydrogen-bond donors (Lipinski definition) is 1. The van der Waals surface area contributed by atoms with E-state index in [1.165, 1.54) is 4.31 Å². The van der Waals surface area contributed by atoms with Gasteiger partial charge in [-0.2, -0.15) is 4.31 Å². The first kappa shape index (κ1) is 14.3. The van der Waals surface area contributed by atoms with Crippen molar-refractivity contribution in [3.63, 3.8) is 0 Å². The highest BCUT2D eigenvalue weighted by atomic mass is 32.2. The molecule has 1 aliphatic rings. The first-order valence-corrected chi connectivity index (χ1v) is 8.42. The van der Waals surface area contributed by atoms with Crippen molar-refractivity contribution in [2.45, 2.75) is 38.6 Å². The molecule has 21 heavy (non-hydrogen) atoms. The van der Waals surface area contributed by atoms with Gasteiger partial charge in [0.1, 0.15) is 0 Å². The molecule has 0 unspecified atom stereocenters. The highest BCUT2D eigenvalue weighted by molar-refractivity contribution is 7.89. The number of sulfonamides is 1. The Balaban J connectivity index is 2.03. The molecule has 0 saturated heterocycles. The average Bonchev–Trinajstić information content (AvgIpc) is 2.83. The van der Waals surface area contributed by atoms with Crippen LogP contribution in [0.4, 0.5) is 0 Å². The van der Waals surface area contributed by atoms with Crippen LogP contribution in [0.3, 0.4) is 0 Å². The second kappa shape index (κ2) is 4.96. The fourth-order valence-electron chi connectivity index (χ4n) is 3.10. The maximum absolute atomic E-state index is 13.0. The minimum atomic E-state index is -3.48. The Morgan fingerprint density at radius 1 is 1.19 bits per heavy atom. The molecule has 2 aromatic rings. The van der Waals surface area contributed by atoms with Gasteiger partial charge in [0.05, 0.1) is 29.2 Å². The molecule has 0 atom stereocenters. The SMILES string of the molecule is Cc1cc(C)c(S(=O)(=O)N2CCc3nc[nH]c3C2)c(C)c1. The van der Waals surface area contributed by atoms with Crippen LogP contribution in [-0.4, -0.2) is 29.2 Å². The van der Waals surface area contributed by atoms with Crippen molar-refractivity contribution in [3.8, 4) is 0 Å². The van der Waals surface area contributed by atoms with Gasteiger partial charge in [0.15, 0.2) is 0 Å². The van der Waals surface area contributed by atoms with Gasteiger partial charge in [-0.1, -0.05) is 17.7 Å². The predicted octanol–water partition coefficient (Wildman–Crippen LogP) is 2.08. The normalized spacial score (nSPS) is 16.0. The molecule has 6 heteroatoms. The number of hydrogen-bond acceptors (Lipinski definition) is 3. The van der Waals surface area contributed by atoms with Crippen LogP contribution >= 0.6 is 0 Å². The molecule has 0 bridgehead atoms. The van der Waals surface area contributed by atoms with Gasteiger partial charge in [0, 0.05) is 13.0 Å². The summed E-state index contributed by atoms with van der Waals surface area (Å²) in [6.07, 6.45) is 2.28.